The van der Waals surface area contributed by atoms with Crippen LogP contribution in [0.15, 0.2) is 18.3 Å². The van der Waals surface area contributed by atoms with Crippen LogP contribution in [0.5, 0.6) is 0 Å². The fourth-order valence-electron chi connectivity index (χ4n) is 0.790. The van der Waals surface area contributed by atoms with Crippen molar-refractivity contribution >= 4 is 17.7 Å². The van der Waals surface area contributed by atoms with E-state index in [1.54, 1.807) is 5.48 Å². The van der Waals surface area contributed by atoms with Crippen LogP contribution in [0.4, 0.5) is 10.6 Å². The summed E-state index contributed by atoms with van der Waals surface area (Å²) in [5.74, 6) is -0.0497. The molecule has 5 N–H and O–H groups in total. The van der Waals surface area contributed by atoms with Crippen molar-refractivity contribution in [2.24, 2.45) is 0 Å². The minimum atomic E-state index is -1.21. The third kappa shape index (κ3) is 2.42. The van der Waals surface area contributed by atoms with Crippen molar-refractivity contribution in [3.05, 3.63) is 23.9 Å². The molecule has 0 bridgehead atoms. The van der Waals surface area contributed by atoms with E-state index in [9.17, 15) is 4.79 Å². The van der Waals surface area contributed by atoms with Crippen molar-refractivity contribution in [2.75, 3.05) is 5.32 Å². The normalized spacial score (nSPS) is 9.21. The lowest BCUT2D eigenvalue weighted by Gasteiger charge is -2.02. The molecule has 0 fully saturated rings. The van der Waals surface area contributed by atoms with Gasteiger partial charge in [0.2, 0.25) is 0 Å². The monoisotopic (exact) mass is 196 g/mol. The van der Waals surface area contributed by atoms with Gasteiger partial charge in [0.25, 0.3) is 0 Å². The van der Waals surface area contributed by atoms with Gasteiger partial charge in [-0.15, -0.1) is 0 Å². The maximum Gasteiger partial charge on any atom is 0.410 e. The topological polar surface area (TPSA) is 118 Å². The molecule has 1 amide bonds. The number of nitrogens with one attached hydrogen (secondary N) is 3. The molecule has 74 valence electrons. The Hall–Kier alpha value is -2.15. The second-order valence-corrected chi connectivity index (χ2v) is 2.35. The molecule has 1 heterocycles. The number of amides is 1. The number of nitrogens with zero attached hydrogens (tertiary/aromatic N) is 1. The molecular formula is C7H8N4O3. The van der Waals surface area contributed by atoms with Gasteiger partial charge in [-0.2, -0.15) is 0 Å². The third-order valence-corrected chi connectivity index (χ3v) is 1.40. The maximum atomic E-state index is 10.2. The first-order valence-corrected chi connectivity index (χ1v) is 3.58. The van der Waals surface area contributed by atoms with Gasteiger partial charge in [0.1, 0.15) is 5.82 Å². The van der Waals surface area contributed by atoms with Crippen LogP contribution >= 0.6 is 0 Å². The smallest absolute Gasteiger partial charge is 0.410 e. The molecule has 1 aromatic rings. The van der Waals surface area contributed by atoms with Crippen LogP contribution in [-0.4, -0.2) is 27.2 Å². The summed E-state index contributed by atoms with van der Waals surface area (Å²) in [6, 6.07) is 2.83. The van der Waals surface area contributed by atoms with Gasteiger partial charge in [0.05, 0.1) is 0 Å². The number of rotatable bonds is 2. The van der Waals surface area contributed by atoms with E-state index >= 15 is 0 Å². The molecule has 1 rings (SSSR count). The van der Waals surface area contributed by atoms with Gasteiger partial charge in [0, 0.05) is 11.8 Å². The number of amidine groups is 1. The molecule has 0 aromatic carbocycles. The molecule has 0 atom stereocenters. The zero-order valence-corrected chi connectivity index (χ0v) is 6.98. The zero-order valence-electron chi connectivity index (χ0n) is 6.98. The Morgan fingerprint density at radius 1 is 1.50 bits per heavy atom. The van der Waals surface area contributed by atoms with Gasteiger partial charge in [-0.3, -0.25) is 21.4 Å². The number of anilines is 1. The molecule has 1 aromatic heterocycles. The Labute approximate surface area is 78.9 Å². The number of carbonyl (C=O) groups is 1. The van der Waals surface area contributed by atoms with Crippen LogP contribution in [0.2, 0.25) is 0 Å². The second kappa shape index (κ2) is 4.19. The first-order valence-electron chi connectivity index (χ1n) is 3.58. The predicted molar refractivity (Wildman–Crippen MR) is 47.6 cm³/mol. The van der Waals surface area contributed by atoms with Crippen LogP contribution in [0.25, 0.3) is 0 Å². The van der Waals surface area contributed by atoms with Gasteiger partial charge in [-0.25, -0.2) is 9.78 Å². The van der Waals surface area contributed by atoms with Crippen LogP contribution in [-0.2, 0) is 0 Å². The van der Waals surface area contributed by atoms with Crippen LogP contribution in [0.1, 0.15) is 5.56 Å². The number of aromatic nitrogens is 1. The summed E-state index contributed by atoms with van der Waals surface area (Å²) in [6.07, 6.45) is 0.0530. The molecule has 0 spiro atoms. The number of carboxylic acid groups (broad SMARTS) is 1. The van der Waals surface area contributed by atoms with Gasteiger partial charge in [-0.05, 0) is 12.1 Å². The summed E-state index contributed by atoms with van der Waals surface area (Å²) < 4.78 is 0. The van der Waals surface area contributed by atoms with Crippen molar-refractivity contribution in [3.8, 4) is 0 Å². The van der Waals surface area contributed by atoms with Crippen molar-refractivity contribution in [2.45, 2.75) is 0 Å². The summed E-state index contributed by atoms with van der Waals surface area (Å²) in [5.41, 5.74) is 2.00. The van der Waals surface area contributed by atoms with E-state index in [-0.39, 0.29) is 11.7 Å². The molecule has 0 aliphatic rings. The first kappa shape index (κ1) is 9.93. The van der Waals surface area contributed by atoms with Gasteiger partial charge < -0.3 is 5.11 Å². The summed E-state index contributed by atoms with van der Waals surface area (Å²) in [6.45, 7) is 0. The highest BCUT2D eigenvalue weighted by Crippen LogP contribution is 2.04. The van der Waals surface area contributed by atoms with E-state index in [1.165, 1.54) is 18.3 Å². The maximum absolute atomic E-state index is 10.2. The zero-order chi connectivity index (χ0) is 10.6. The Kier molecular flexibility index (Phi) is 2.97. The Morgan fingerprint density at radius 3 is 2.64 bits per heavy atom. The molecule has 7 heteroatoms. The van der Waals surface area contributed by atoms with E-state index in [4.69, 9.17) is 15.7 Å². The van der Waals surface area contributed by atoms with Crippen molar-refractivity contribution in [3.63, 3.8) is 0 Å². The van der Waals surface area contributed by atoms with Gasteiger partial charge in [-0.1, -0.05) is 0 Å². The average Bonchev–Trinajstić information content (AvgIpc) is 2.17. The lowest BCUT2D eigenvalue weighted by molar-refractivity contribution is 0.209. The van der Waals surface area contributed by atoms with E-state index in [0.29, 0.717) is 5.56 Å². The summed E-state index contributed by atoms with van der Waals surface area (Å²) in [7, 11) is 0. The minimum Gasteiger partial charge on any atom is -0.465 e. The highest BCUT2D eigenvalue weighted by atomic mass is 16.5. The molecule has 0 radical (unpaired) electrons. The second-order valence-electron chi connectivity index (χ2n) is 2.35. The molecule has 7 nitrogen and oxygen atoms in total. The fourth-order valence-corrected chi connectivity index (χ4v) is 0.790. The number of hydroxylamine groups is 1. The molecule has 0 saturated carbocycles. The summed E-state index contributed by atoms with van der Waals surface area (Å²) in [5, 5.41) is 25.9. The third-order valence-electron chi connectivity index (χ3n) is 1.40. The van der Waals surface area contributed by atoms with Crippen molar-refractivity contribution < 1.29 is 15.1 Å². The molecule has 0 saturated heterocycles. The average molecular weight is 196 g/mol. The Morgan fingerprint density at radius 2 is 2.21 bits per heavy atom. The van der Waals surface area contributed by atoms with Crippen LogP contribution in [0, 0.1) is 5.41 Å². The van der Waals surface area contributed by atoms with E-state index < -0.39 is 6.09 Å². The number of hydrogen-bond donors (Lipinski definition) is 5. The van der Waals surface area contributed by atoms with Gasteiger partial charge >= 0.3 is 6.09 Å². The van der Waals surface area contributed by atoms with Crippen LogP contribution < -0.4 is 10.8 Å². The Bertz CT molecular complexity index is 348. The van der Waals surface area contributed by atoms with E-state index in [2.05, 4.69) is 4.98 Å². The number of pyridine rings is 1. The molecular weight excluding hydrogens is 188 g/mol. The lowest BCUT2D eigenvalue weighted by atomic mass is 10.2. The summed E-state index contributed by atoms with van der Waals surface area (Å²) in [4.78, 5) is 13.9. The molecule has 14 heavy (non-hydrogen) atoms. The predicted octanol–water partition coefficient (Wildman–Crippen LogP) is 0.476. The van der Waals surface area contributed by atoms with E-state index in [0.717, 1.165) is 0 Å². The summed E-state index contributed by atoms with van der Waals surface area (Å²) >= 11 is 0. The van der Waals surface area contributed by atoms with Gasteiger partial charge in [0.15, 0.2) is 5.84 Å². The minimum absolute atomic E-state index is 0.159. The van der Waals surface area contributed by atoms with Crippen molar-refractivity contribution in [1.82, 2.24) is 10.5 Å². The fraction of sp³-hybridized carbons (Fsp3) is 0. The van der Waals surface area contributed by atoms with Crippen LogP contribution in [0.3, 0.4) is 0 Å². The SMILES string of the molecule is N=C(NO)c1ccc(NC(=O)O)nc1. The quantitative estimate of drug-likeness (QED) is 0.268. The highest BCUT2D eigenvalue weighted by Gasteiger charge is 2.02. The van der Waals surface area contributed by atoms with Crippen molar-refractivity contribution in [1.29, 1.82) is 5.41 Å². The largest absolute Gasteiger partial charge is 0.465 e. The molecule has 0 aliphatic carbocycles. The molecule has 0 unspecified atom stereocenters. The highest BCUT2D eigenvalue weighted by molar-refractivity contribution is 5.95. The standard InChI is InChI=1S/C7H8N4O3/c8-6(11-14)4-1-2-5(9-3-4)10-7(12)13/h1-3,14H,(H2,8,11)(H,9,10)(H,12,13). The lowest BCUT2D eigenvalue weighted by Crippen LogP contribution is -2.19. The molecule has 0 aliphatic heterocycles. The Balaban J connectivity index is 2.78. The number of hydrogen-bond acceptors (Lipinski definition) is 4. The van der Waals surface area contributed by atoms with E-state index in [1.807, 2.05) is 5.32 Å². The first-order chi connectivity index (χ1) is 6.63.